The average Bonchev–Trinajstić information content (AvgIpc) is 2.35. The number of halogens is 1. The zero-order chi connectivity index (χ0) is 14.4. The lowest BCUT2D eigenvalue weighted by Crippen LogP contribution is -2.30. The van der Waals surface area contributed by atoms with Gasteiger partial charge in [-0.25, -0.2) is 9.97 Å². The largest absolute Gasteiger partial charge is 0.481 e. The first-order valence-electron chi connectivity index (χ1n) is 5.50. The van der Waals surface area contributed by atoms with Crippen LogP contribution in [0.2, 0.25) is 5.02 Å². The number of carboxylic acid groups (broad SMARTS) is 1. The molecule has 8 heteroatoms. The van der Waals surface area contributed by atoms with E-state index in [2.05, 4.69) is 15.3 Å². The van der Waals surface area contributed by atoms with Crippen LogP contribution in [0, 0.1) is 5.92 Å². The highest BCUT2D eigenvalue weighted by atomic mass is 35.5. The lowest BCUT2D eigenvalue weighted by Gasteiger charge is -2.10. The third-order valence-corrected chi connectivity index (χ3v) is 3.09. The normalized spacial score (nSPS) is 11.9. The number of thioether (sulfide) groups is 1. The van der Waals surface area contributed by atoms with Crippen LogP contribution in [-0.2, 0) is 4.79 Å². The second-order valence-corrected chi connectivity index (χ2v) is 5.15. The van der Waals surface area contributed by atoms with Crippen LogP contribution in [0.3, 0.4) is 0 Å². The molecule has 0 saturated heterocycles. The number of aliphatic carboxylic acids is 1. The van der Waals surface area contributed by atoms with Gasteiger partial charge in [-0.1, -0.05) is 30.3 Å². The Morgan fingerprint density at radius 3 is 2.84 bits per heavy atom. The zero-order valence-corrected chi connectivity index (χ0v) is 12.1. The fourth-order valence-corrected chi connectivity index (χ4v) is 1.85. The molecule has 1 heterocycles. The summed E-state index contributed by atoms with van der Waals surface area (Å²) in [6.07, 6.45) is 3.16. The number of carbonyl (C=O) groups is 2. The molecule has 1 atom stereocenters. The molecule has 1 rings (SSSR count). The number of amides is 1. The molecule has 0 radical (unpaired) electrons. The molecular weight excluding hydrogens is 290 g/mol. The van der Waals surface area contributed by atoms with Crippen molar-refractivity contribution in [1.29, 1.82) is 0 Å². The van der Waals surface area contributed by atoms with Gasteiger partial charge in [0.05, 0.1) is 11.2 Å². The van der Waals surface area contributed by atoms with Crippen LogP contribution in [0.1, 0.15) is 23.8 Å². The molecule has 1 unspecified atom stereocenters. The summed E-state index contributed by atoms with van der Waals surface area (Å²) < 4.78 is 0. The van der Waals surface area contributed by atoms with E-state index in [9.17, 15) is 9.59 Å². The average molecular weight is 304 g/mol. The van der Waals surface area contributed by atoms with Crippen LogP contribution in [-0.4, -0.2) is 39.8 Å². The Bertz CT molecular complexity index is 484. The van der Waals surface area contributed by atoms with E-state index in [0.717, 1.165) is 0 Å². The highest BCUT2D eigenvalue weighted by molar-refractivity contribution is 7.98. The maximum atomic E-state index is 11.9. The summed E-state index contributed by atoms with van der Waals surface area (Å²) in [7, 11) is 0. The molecule has 104 valence electrons. The van der Waals surface area contributed by atoms with E-state index in [1.54, 1.807) is 13.2 Å². The number of carbonyl (C=O) groups excluding carboxylic acids is 1. The summed E-state index contributed by atoms with van der Waals surface area (Å²) in [4.78, 5) is 30.3. The molecule has 0 saturated carbocycles. The van der Waals surface area contributed by atoms with Gasteiger partial charge in [-0.2, -0.15) is 0 Å². The van der Waals surface area contributed by atoms with Crippen LogP contribution in [0.5, 0.6) is 0 Å². The molecule has 6 nitrogen and oxygen atoms in total. The fraction of sp³-hybridized carbons (Fsp3) is 0.455. The summed E-state index contributed by atoms with van der Waals surface area (Å²) in [5.41, 5.74) is 0.101. The molecule has 0 fully saturated rings. The first-order chi connectivity index (χ1) is 8.93. The molecule has 0 aliphatic rings. The summed E-state index contributed by atoms with van der Waals surface area (Å²) in [6, 6.07) is 0. The number of nitrogens with zero attached hydrogens (tertiary/aromatic N) is 2. The Balaban J connectivity index is 2.65. The van der Waals surface area contributed by atoms with Crippen molar-refractivity contribution in [3.63, 3.8) is 0 Å². The summed E-state index contributed by atoms with van der Waals surface area (Å²) >= 11 is 7.16. The summed E-state index contributed by atoms with van der Waals surface area (Å²) in [5, 5.41) is 11.9. The maximum Gasteiger partial charge on any atom is 0.303 e. The Labute approximate surface area is 120 Å². The fourth-order valence-electron chi connectivity index (χ4n) is 1.33. The van der Waals surface area contributed by atoms with E-state index in [4.69, 9.17) is 16.7 Å². The van der Waals surface area contributed by atoms with Crippen molar-refractivity contribution in [3.8, 4) is 0 Å². The van der Waals surface area contributed by atoms with Crippen LogP contribution in [0.15, 0.2) is 11.4 Å². The second-order valence-electron chi connectivity index (χ2n) is 3.97. The topological polar surface area (TPSA) is 92.2 Å². The number of hydrogen-bond acceptors (Lipinski definition) is 5. The Morgan fingerprint density at radius 2 is 2.26 bits per heavy atom. The third kappa shape index (κ3) is 5.04. The van der Waals surface area contributed by atoms with E-state index in [1.165, 1.54) is 18.0 Å². The van der Waals surface area contributed by atoms with Crippen molar-refractivity contribution in [2.24, 2.45) is 5.92 Å². The lowest BCUT2D eigenvalue weighted by atomic mass is 10.1. The minimum Gasteiger partial charge on any atom is -0.481 e. The first kappa shape index (κ1) is 15.7. The SMILES string of the molecule is CSc1ncc(Cl)c(C(=O)NCC(C)CC(=O)O)n1. The molecule has 0 aliphatic heterocycles. The van der Waals surface area contributed by atoms with E-state index < -0.39 is 11.9 Å². The molecular formula is C11H14ClN3O3S. The minimum atomic E-state index is -0.897. The van der Waals surface area contributed by atoms with Crippen molar-refractivity contribution in [1.82, 2.24) is 15.3 Å². The Hall–Kier alpha value is -1.34. The van der Waals surface area contributed by atoms with Gasteiger partial charge < -0.3 is 10.4 Å². The van der Waals surface area contributed by atoms with E-state index >= 15 is 0 Å². The third-order valence-electron chi connectivity index (χ3n) is 2.25. The van der Waals surface area contributed by atoms with Crippen molar-refractivity contribution in [3.05, 3.63) is 16.9 Å². The van der Waals surface area contributed by atoms with Crippen molar-refractivity contribution in [2.75, 3.05) is 12.8 Å². The lowest BCUT2D eigenvalue weighted by molar-refractivity contribution is -0.137. The molecule has 0 bridgehead atoms. The molecule has 2 N–H and O–H groups in total. The molecule has 1 aromatic heterocycles. The zero-order valence-electron chi connectivity index (χ0n) is 10.5. The number of carboxylic acids is 1. The van der Waals surface area contributed by atoms with Gasteiger partial charge in [-0.15, -0.1) is 0 Å². The number of nitrogens with one attached hydrogen (secondary N) is 1. The second kappa shape index (κ2) is 7.30. The molecule has 0 aliphatic carbocycles. The smallest absolute Gasteiger partial charge is 0.303 e. The molecule has 0 spiro atoms. The van der Waals surface area contributed by atoms with E-state index in [1.807, 2.05) is 0 Å². The summed E-state index contributed by atoms with van der Waals surface area (Å²) in [6.45, 7) is 1.99. The van der Waals surface area contributed by atoms with Gasteiger partial charge in [0, 0.05) is 13.0 Å². The predicted molar refractivity (Wildman–Crippen MR) is 72.6 cm³/mol. The standard InChI is InChI=1S/C11H14ClN3O3S/c1-6(3-8(16)17)4-13-10(18)9-7(12)5-14-11(15-9)19-2/h5-6H,3-4H2,1-2H3,(H,13,18)(H,16,17). The van der Waals surface area contributed by atoms with Crippen LogP contribution >= 0.6 is 23.4 Å². The Morgan fingerprint density at radius 1 is 1.58 bits per heavy atom. The molecule has 1 amide bonds. The van der Waals surface area contributed by atoms with Crippen LogP contribution < -0.4 is 5.32 Å². The van der Waals surface area contributed by atoms with Gasteiger partial charge in [-0.3, -0.25) is 9.59 Å². The number of rotatable bonds is 6. The van der Waals surface area contributed by atoms with Crippen molar-refractivity contribution >= 4 is 35.2 Å². The summed E-state index contributed by atoms with van der Waals surface area (Å²) in [5.74, 6) is -1.49. The monoisotopic (exact) mass is 303 g/mol. The Kier molecular flexibility index (Phi) is 6.04. The van der Waals surface area contributed by atoms with Gasteiger partial charge in [0.25, 0.3) is 5.91 Å². The number of hydrogen-bond donors (Lipinski definition) is 2. The van der Waals surface area contributed by atoms with Gasteiger partial charge in [-0.05, 0) is 12.2 Å². The van der Waals surface area contributed by atoms with Gasteiger partial charge in [0.15, 0.2) is 10.9 Å². The van der Waals surface area contributed by atoms with E-state index in [-0.39, 0.29) is 29.6 Å². The van der Waals surface area contributed by atoms with Crippen molar-refractivity contribution in [2.45, 2.75) is 18.5 Å². The van der Waals surface area contributed by atoms with Crippen molar-refractivity contribution < 1.29 is 14.7 Å². The van der Waals surface area contributed by atoms with E-state index in [0.29, 0.717) is 5.16 Å². The molecule has 1 aromatic rings. The van der Waals surface area contributed by atoms with Crippen LogP contribution in [0.4, 0.5) is 0 Å². The molecule has 0 aromatic carbocycles. The van der Waals surface area contributed by atoms with Gasteiger partial charge in [0.2, 0.25) is 0 Å². The van der Waals surface area contributed by atoms with Gasteiger partial charge in [0.1, 0.15) is 0 Å². The first-order valence-corrected chi connectivity index (χ1v) is 7.10. The highest BCUT2D eigenvalue weighted by Crippen LogP contribution is 2.16. The highest BCUT2D eigenvalue weighted by Gasteiger charge is 2.15. The van der Waals surface area contributed by atoms with Gasteiger partial charge >= 0.3 is 5.97 Å². The number of aromatic nitrogens is 2. The molecule has 19 heavy (non-hydrogen) atoms. The predicted octanol–water partition coefficient (Wildman–Crippen LogP) is 1.69. The maximum absolute atomic E-state index is 11.9. The quantitative estimate of drug-likeness (QED) is 0.614. The minimum absolute atomic E-state index is 0.00610. The van der Waals surface area contributed by atoms with Crippen LogP contribution in [0.25, 0.3) is 0 Å².